The fraction of sp³-hybridized carbons (Fsp3) is 0. The molecule has 0 saturated carbocycles. The highest BCUT2D eigenvalue weighted by Gasteiger charge is 2.29. The first-order valence-corrected chi connectivity index (χ1v) is 5.09. The smallest absolute Gasteiger partial charge is 0.387 e. The van der Waals surface area contributed by atoms with Gasteiger partial charge < -0.3 is 4.74 Å². The monoisotopic (exact) mass is 261 g/mol. The van der Waals surface area contributed by atoms with Crippen molar-refractivity contribution in [3.8, 4) is 11.5 Å². The highest BCUT2D eigenvalue weighted by molar-refractivity contribution is 5.62. The molecule has 1 aromatic carbocycles. The van der Waals surface area contributed by atoms with Crippen LogP contribution in [0.3, 0.4) is 0 Å². The first kappa shape index (κ1) is 12.4. The van der Waals surface area contributed by atoms with E-state index >= 15 is 0 Å². The van der Waals surface area contributed by atoms with Crippen molar-refractivity contribution >= 4 is 11.4 Å². The molecule has 1 aromatic heterocycles. The van der Waals surface area contributed by atoms with Crippen LogP contribution in [-0.4, -0.2) is 14.8 Å². The first-order valence-electron chi connectivity index (χ1n) is 5.09. The maximum atomic E-state index is 10.9. The zero-order chi connectivity index (χ0) is 13.8. The Bertz CT molecular complexity index is 629. The number of benzene rings is 1. The van der Waals surface area contributed by atoms with Gasteiger partial charge in [0, 0.05) is 18.5 Å². The largest absolute Gasteiger partial charge is 0.450 e. The van der Waals surface area contributed by atoms with E-state index in [1.807, 2.05) is 0 Å². The lowest BCUT2D eigenvalue weighted by molar-refractivity contribution is -0.423. The number of aromatic nitrogens is 1. The van der Waals surface area contributed by atoms with Gasteiger partial charge in [-0.05, 0) is 18.2 Å². The van der Waals surface area contributed by atoms with Gasteiger partial charge in [-0.25, -0.2) is 0 Å². The molecule has 0 unspecified atom stereocenters. The number of rotatable bonds is 4. The van der Waals surface area contributed by atoms with E-state index in [1.165, 1.54) is 36.7 Å². The number of para-hydroxylation sites is 1. The van der Waals surface area contributed by atoms with E-state index in [0.29, 0.717) is 5.75 Å². The van der Waals surface area contributed by atoms with Gasteiger partial charge in [0.15, 0.2) is 0 Å². The average Bonchev–Trinajstić information content (AvgIpc) is 2.39. The van der Waals surface area contributed by atoms with Crippen molar-refractivity contribution < 1.29 is 14.6 Å². The lowest BCUT2D eigenvalue weighted by Crippen LogP contribution is -1.99. The molecule has 8 nitrogen and oxygen atoms in total. The van der Waals surface area contributed by atoms with Crippen LogP contribution in [0.1, 0.15) is 0 Å². The third-order valence-electron chi connectivity index (χ3n) is 2.23. The van der Waals surface area contributed by atoms with Gasteiger partial charge in [0.1, 0.15) is 5.75 Å². The fourth-order valence-corrected chi connectivity index (χ4v) is 1.46. The van der Waals surface area contributed by atoms with E-state index in [-0.39, 0.29) is 5.75 Å². The number of hydrogen-bond acceptors (Lipinski definition) is 6. The molecule has 0 aliphatic carbocycles. The van der Waals surface area contributed by atoms with Crippen LogP contribution in [0.5, 0.6) is 11.5 Å². The summed E-state index contributed by atoms with van der Waals surface area (Å²) in [4.78, 5) is 23.8. The predicted octanol–water partition coefficient (Wildman–Crippen LogP) is 2.69. The van der Waals surface area contributed by atoms with Gasteiger partial charge in [-0.1, -0.05) is 6.07 Å². The average molecular weight is 261 g/mol. The third kappa shape index (κ3) is 2.63. The van der Waals surface area contributed by atoms with Crippen molar-refractivity contribution in [3.63, 3.8) is 0 Å². The molecular formula is C11H7N3O5. The van der Waals surface area contributed by atoms with Gasteiger partial charge in [0.05, 0.1) is 9.85 Å². The Hall–Kier alpha value is -3.03. The highest BCUT2D eigenvalue weighted by Crippen LogP contribution is 2.38. The molecule has 0 saturated heterocycles. The summed E-state index contributed by atoms with van der Waals surface area (Å²) in [6.45, 7) is 0. The molecule has 0 atom stereocenters. The van der Waals surface area contributed by atoms with E-state index < -0.39 is 21.2 Å². The van der Waals surface area contributed by atoms with Crippen LogP contribution in [0, 0.1) is 20.2 Å². The van der Waals surface area contributed by atoms with E-state index in [0.717, 1.165) is 6.07 Å². The van der Waals surface area contributed by atoms with Crippen LogP contribution in [-0.2, 0) is 0 Å². The summed E-state index contributed by atoms with van der Waals surface area (Å²) < 4.78 is 5.28. The molecule has 0 N–H and O–H groups in total. The lowest BCUT2D eigenvalue weighted by Gasteiger charge is -2.05. The minimum atomic E-state index is -0.839. The Morgan fingerprint density at radius 3 is 2.26 bits per heavy atom. The molecule has 1 heterocycles. The van der Waals surface area contributed by atoms with E-state index in [9.17, 15) is 20.2 Å². The number of nitrogens with zero attached hydrogens (tertiary/aromatic N) is 3. The van der Waals surface area contributed by atoms with Crippen molar-refractivity contribution in [2.45, 2.75) is 0 Å². The van der Waals surface area contributed by atoms with Crippen LogP contribution in [0.15, 0.2) is 42.7 Å². The normalized spacial score (nSPS) is 9.89. The number of hydrogen-bond donors (Lipinski definition) is 0. The van der Waals surface area contributed by atoms with Crippen molar-refractivity contribution in [1.82, 2.24) is 4.98 Å². The maximum absolute atomic E-state index is 10.9. The van der Waals surface area contributed by atoms with Crippen LogP contribution >= 0.6 is 0 Å². The van der Waals surface area contributed by atoms with Gasteiger partial charge in [0.2, 0.25) is 5.75 Å². The zero-order valence-corrected chi connectivity index (χ0v) is 9.42. The summed E-state index contributed by atoms with van der Waals surface area (Å²) in [5.41, 5.74) is -1.29. The molecule has 8 heteroatoms. The number of pyridine rings is 1. The molecule has 0 radical (unpaired) electrons. The number of nitro groups is 2. The molecular weight excluding hydrogens is 254 g/mol. The summed E-state index contributed by atoms with van der Waals surface area (Å²) in [5, 5.41) is 21.7. The Morgan fingerprint density at radius 1 is 1.00 bits per heavy atom. The van der Waals surface area contributed by atoms with E-state index in [2.05, 4.69) is 4.98 Å². The second-order valence-corrected chi connectivity index (χ2v) is 3.42. The maximum Gasteiger partial charge on any atom is 0.387 e. The molecule has 2 rings (SSSR count). The van der Waals surface area contributed by atoms with Crippen LogP contribution in [0.25, 0.3) is 0 Å². The Morgan fingerprint density at radius 2 is 1.68 bits per heavy atom. The first-order chi connectivity index (χ1) is 9.09. The molecule has 0 spiro atoms. The summed E-state index contributed by atoms with van der Waals surface area (Å²) in [6.07, 6.45) is 2.89. The van der Waals surface area contributed by atoms with Crippen LogP contribution < -0.4 is 4.74 Å². The topological polar surface area (TPSA) is 108 Å². The summed E-state index contributed by atoms with van der Waals surface area (Å²) in [7, 11) is 0. The number of nitro benzene ring substituents is 2. The molecule has 96 valence electrons. The molecule has 0 aliphatic heterocycles. The molecule has 0 bridgehead atoms. The molecule has 2 aromatic rings. The van der Waals surface area contributed by atoms with Gasteiger partial charge >= 0.3 is 11.4 Å². The minimum absolute atomic E-state index is 0.189. The summed E-state index contributed by atoms with van der Waals surface area (Å²) in [6, 6.07) is 6.65. The summed E-state index contributed by atoms with van der Waals surface area (Å²) >= 11 is 0. The van der Waals surface area contributed by atoms with Crippen molar-refractivity contribution in [2.75, 3.05) is 0 Å². The predicted molar refractivity (Wildman–Crippen MR) is 64.1 cm³/mol. The quantitative estimate of drug-likeness (QED) is 0.618. The molecule has 0 aliphatic rings. The SMILES string of the molecule is O=[N+]([O-])c1cccc(Oc2ccncc2)c1[N+](=O)[O-]. The van der Waals surface area contributed by atoms with Gasteiger partial charge in [-0.15, -0.1) is 0 Å². The lowest BCUT2D eigenvalue weighted by atomic mass is 10.2. The Balaban J connectivity index is 2.48. The molecule has 19 heavy (non-hydrogen) atoms. The van der Waals surface area contributed by atoms with Crippen LogP contribution in [0.2, 0.25) is 0 Å². The van der Waals surface area contributed by atoms with E-state index in [1.54, 1.807) is 0 Å². The van der Waals surface area contributed by atoms with Crippen LogP contribution in [0.4, 0.5) is 11.4 Å². The standard InChI is InChI=1S/C11H7N3O5/c15-13(16)9-2-1-3-10(11(9)14(17)18)19-8-4-6-12-7-5-8/h1-7H. The number of ether oxygens (including phenoxy) is 1. The summed E-state index contributed by atoms with van der Waals surface area (Å²) in [5.74, 6) is 0.115. The van der Waals surface area contributed by atoms with Crippen molar-refractivity contribution in [3.05, 3.63) is 63.0 Å². The van der Waals surface area contributed by atoms with Gasteiger partial charge in [0.25, 0.3) is 0 Å². The second kappa shape index (κ2) is 5.08. The molecule has 0 fully saturated rings. The Kier molecular flexibility index (Phi) is 3.33. The van der Waals surface area contributed by atoms with Gasteiger partial charge in [-0.2, -0.15) is 0 Å². The van der Waals surface area contributed by atoms with Gasteiger partial charge in [-0.3, -0.25) is 25.2 Å². The van der Waals surface area contributed by atoms with E-state index in [4.69, 9.17) is 4.74 Å². The highest BCUT2D eigenvalue weighted by atomic mass is 16.6. The second-order valence-electron chi connectivity index (χ2n) is 3.42. The fourth-order valence-electron chi connectivity index (χ4n) is 1.46. The van der Waals surface area contributed by atoms with Crippen molar-refractivity contribution in [1.29, 1.82) is 0 Å². The third-order valence-corrected chi connectivity index (χ3v) is 2.23. The zero-order valence-electron chi connectivity index (χ0n) is 9.42. The Labute approximate surface area is 106 Å². The minimum Gasteiger partial charge on any atom is -0.450 e. The van der Waals surface area contributed by atoms with Crippen molar-refractivity contribution in [2.24, 2.45) is 0 Å². The molecule has 0 amide bonds.